The number of fused-ring (bicyclic) bond motifs is 4. The van der Waals surface area contributed by atoms with Crippen molar-refractivity contribution in [2.75, 3.05) is 23.7 Å². The van der Waals surface area contributed by atoms with Gasteiger partial charge in [-0.1, -0.05) is 12.1 Å². The van der Waals surface area contributed by atoms with Crippen LogP contribution in [0, 0.1) is 5.82 Å². The van der Waals surface area contributed by atoms with E-state index in [2.05, 4.69) is 9.88 Å². The molecule has 1 aromatic carbocycles. The summed E-state index contributed by atoms with van der Waals surface area (Å²) < 4.78 is 17.1. The van der Waals surface area contributed by atoms with Crippen LogP contribution < -0.4 is 16.1 Å². The maximum Gasteiger partial charge on any atom is 0.341 e. The Hall–Kier alpha value is -3.46. The zero-order chi connectivity index (χ0) is 23.6. The monoisotopic (exact) mass is 463 g/mol. The Morgan fingerprint density at radius 2 is 1.79 bits per heavy atom. The van der Waals surface area contributed by atoms with Crippen molar-refractivity contribution in [3.8, 4) is 0 Å². The highest BCUT2D eigenvalue weighted by atomic mass is 19.1. The Labute approximate surface area is 195 Å². The number of carbonyl (C=O) groups is 1. The first-order chi connectivity index (χ1) is 16.4. The molecule has 5 heterocycles. The van der Waals surface area contributed by atoms with Crippen molar-refractivity contribution in [3.05, 3.63) is 63.7 Å². The van der Waals surface area contributed by atoms with Gasteiger partial charge in [0.25, 0.3) is 0 Å². The van der Waals surface area contributed by atoms with Crippen LogP contribution in [0.25, 0.3) is 11.0 Å². The lowest BCUT2D eigenvalue weighted by molar-refractivity contribution is 0.0695. The molecule has 3 N–H and O–H groups in total. The molecule has 2 bridgehead atoms. The van der Waals surface area contributed by atoms with E-state index < -0.39 is 17.2 Å². The van der Waals surface area contributed by atoms with Gasteiger partial charge in [-0.3, -0.25) is 9.69 Å². The molecular weight excluding hydrogens is 437 g/mol. The van der Waals surface area contributed by atoms with Crippen molar-refractivity contribution in [2.45, 2.75) is 50.4 Å². The van der Waals surface area contributed by atoms with Gasteiger partial charge in [-0.05, 0) is 49.4 Å². The number of carboxylic acids is 1. The molecule has 1 aliphatic carbocycles. The lowest BCUT2D eigenvalue weighted by atomic mass is 9.90. The van der Waals surface area contributed by atoms with Crippen LogP contribution in [0.3, 0.4) is 0 Å². The first-order valence-corrected chi connectivity index (χ1v) is 11.7. The van der Waals surface area contributed by atoms with E-state index in [0.29, 0.717) is 12.2 Å². The van der Waals surface area contributed by atoms with Crippen molar-refractivity contribution in [1.29, 1.82) is 0 Å². The summed E-state index contributed by atoms with van der Waals surface area (Å²) >= 11 is 0. The lowest BCUT2D eigenvalue weighted by Crippen LogP contribution is -2.62. The molecule has 3 aromatic rings. The molecule has 2 atom stereocenters. The van der Waals surface area contributed by atoms with Gasteiger partial charge < -0.3 is 20.3 Å². The van der Waals surface area contributed by atoms with E-state index in [1.807, 2.05) is 29.2 Å². The van der Waals surface area contributed by atoms with E-state index in [9.17, 15) is 14.7 Å². The second-order valence-electron chi connectivity index (χ2n) is 9.69. The number of rotatable bonds is 5. The molecule has 1 saturated carbocycles. The molecule has 3 saturated heterocycles. The van der Waals surface area contributed by atoms with Crippen molar-refractivity contribution in [2.24, 2.45) is 0 Å². The van der Waals surface area contributed by atoms with Crippen LogP contribution in [0.15, 0.2) is 41.3 Å². The maximum absolute atomic E-state index is 15.3. The number of halogens is 1. The maximum atomic E-state index is 15.3. The third kappa shape index (κ3) is 3.51. The number of benzene rings is 1. The predicted molar refractivity (Wildman–Crippen MR) is 127 cm³/mol. The molecule has 4 aliphatic rings. The van der Waals surface area contributed by atoms with Crippen LogP contribution in [0.4, 0.5) is 15.9 Å². The van der Waals surface area contributed by atoms with E-state index in [1.165, 1.54) is 17.8 Å². The molecule has 176 valence electrons. The Balaban J connectivity index is 1.34. The van der Waals surface area contributed by atoms with E-state index >= 15 is 4.39 Å². The van der Waals surface area contributed by atoms with Gasteiger partial charge in [0.1, 0.15) is 11.2 Å². The fraction of sp³-hybridized carbons (Fsp3) is 0.400. The Morgan fingerprint density at radius 3 is 2.44 bits per heavy atom. The number of nitrogen functional groups attached to an aromatic ring is 1. The molecule has 0 radical (unpaired) electrons. The van der Waals surface area contributed by atoms with Crippen molar-refractivity contribution >= 4 is 28.5 Å². The van der Waals surface area contributed by atoms with Crippen LogP contribution in [-0.4, -0.2) is 50.7 Å². The first-order valence-electron chi connectivity index (χ1n) is 11.7. The van der Waals surface area contributed by atoms with Gasteiger partial charge in [0.15, 0.2) is 11.6 Å². The van der Waals surface area contributed by atoms with Gasteiger partial charge in [-0.25, -0.2) is 14.2 Å². The van der Waals surface area contributed by atoms with Gasteiger partial charge in [-0.15, -0.1) is 0 Å². The zero-order valence-electron chi connectivity index (χ0n) is 18.7. The molecule has 8 nitrogen and oxygen atoms in total. The average molecular weight is 464 g/mol. The normalized spacial score (nSPS) is 22.4. The highest BCUT2D eigenvalue weighted by molar-refractivity contribution is 5.92. The average Bonchev–Trinajstić information content (AvgIpc) is 3.66. The number of nitrogens with zero attached hydrogens (tertiary/aromatic N) is 4. The van der Waals surface area contributed by atoms with E-state index in [1.54, 1.807) is 4.57 Å². The minimum Gasteiger partial charge on any atom is -0.477 e. The second kappa shape index (κ2) is 7.80. The minimum absolute atomic E-state index is 0.0280. The summed E-state index contributed by atoms with van der Waals surface area (Å²) in [6, 6.07) is 9.59. The summed E-state index contributed by atoms with van der Waals surface area (Å²) in [4.78, 5) is 33.4. The van der Waals surface area contributed by atoms with Crippen molar-refractivity contribution in [1.82, 2.24) is 14.5 Å². The topological polar surface area (TPSA) is 105 Å². The number of pyridine rings is 2. The SMILES string of the molecule is Nc1ccc(CN2CC3CCC2CN3c2nc3c(cc2F)c(=O)c(C(=O)O)cn3C2CC2)cc1. The van der Waals surface area contributed by atoms with Crippen molar-refractivity contribution in [3.63, 3.8) is 0 Å². The molecule has 3 aliphatic heterocycles. The number of anilines is 2. The van der Waals surface area contributed by atoms with Crippen LogP contribution >= 0.6 is 0 Å². The number of hydrogen-bond acceptors (Lipinski definition) is 6. The molecule has 2 unspecified atom stereocenters. The molecule has 9 heteroatoms. The standard InChI is InChI=1S/C25H26FN5O3/c26-21-9-19-22(32)20(25(33)34)13-31(16-5-6-16)23(19)28-24(21)30-12-17-7-8-18(30)11-29(17)10-14-1-3-15(27)4-2-14/h1-4,9,13,16-18H,5-8,10-12,27H2,(H,33,34). The van der Waals surface area contributed by atoms with Gasteiger partial charge in [0.2, 0.25) is 5.43 Å². The Kier molecular flexibility index (Phi) is 4.84. The molecule has 34 heavy (non-hydrogen) atoms. The number of hydrogen-bond donors (Lipinski definition) is 2. The largest absolute Gasteiger partial charge is 0.477 e. The fourth-order valence-corrected chi connectivity index (χ4v) is 5.45. The predicted octanol–water partition coefficient (Wildman–Crippen LogP) is 3.00. The minimum atomic E-state index is -1.31. The van der Waals surface area contributed by atoms with E-state index in [0.717, 1.165) is 44.5 Å². The van der Waals surface area contributed by atoms with E-state index in [-0.39, 0.29) is 34.9 Å². The molecule has 4 fully saturated rings. The van der Waals surface area contributed by atoms with Crippen molar-refractivity contribution < 1.29 is 14.3 Å². The Morgan fingerprint density at radius 1 is 1.09 bits per heavy atom. The number of piperazine rings is 1. The zero-order valence-corrected chi connectivity index (χ0v) is 18.7. The second-order valence-corrected chi connectivity index (χ2v) is 9.69. The fourth-order valence-electron chi connectivity index (χ4n) is 5.45. The van der Waals surface area contributed by atoms with Crippen LogP contribution in [-0.2, 0) is 6.54 Å². The number of aromatic nitrogens is 2. The number of carboxylic acid groups (broad SMARTS) is 1. The van der Waals surface area contributed by atoms with Crippen LogP contribution in [0.1, 0.15) is 47.6 Å². The first kappa shape index (κ1) is 21.1. The highest BCUT2D eigenvalue weighted by Crippen LogP contribution is 2.38. The van der Waals surface area contributed by atoms with Gasteiger partial charge in [-0.2, -0.15) is 0 Å². The van der Waals surface area contributed by atoms with Crippen LogP contribution in [0.2, 0.25) is 0 Å². The Bertz CT molecular complexity index is 1350. The quantitative estimate of drug-likeness (QED) is 0.561. The molecule has 2 aromatic heterocycles. The molecule has 7 rings (SSSR count). The lowest BCUT2D eigenvalue weighted by Gasteiger charge is -2.52. The molecular formula is C25H26FN5O3. The summed E-state index contributed by atoms with van der Waals surface area (Å²) in [7, 11) is 0. The van der Waals surface area contributed by atoms with Crippen LogP contribution in [0.5, 0.6) is 0 Å². The number of piperidine rings is 2. The van der Waals surface area contributed by atoms with E-state index in [4.69, 9.17) is 5.73 Å². The molecule has 0 amide bonds. The summed E-state index contributed by atoms with van der Waals surface area (Å²) in [6.07, 6.45) is 5.14. The summed E-state index contributed by atoms with van der Waals surface area (Å²) in [5.74, 6) is -1.63. The van der Waals surface area contributed by atoms with Gasteiger partial charge >= 0.3 is 5.97 Å². The summed E-state index contributed by atoms with van der Waals surface area (Å²) in [6.45, 7) is 2.29. The number of nitrogens with two attached hydrogens (primary N) is 1. The third-order valence-electron chi connectivity index (χ3n) is 7.39. The number of aromatic carboxylic acids is 1. The molecule has 0 spiro atoms. The third-order valence-corrected chi connectivity index (χ3v) is 7.39. The summed E-state index contributed by atoms with van der Waals surface area (Å²) in [5.41, 5.74) is 7.09. The van der Waals surface area contributed by atoms with Gasteiger partial charge in [0.05, 0.1) is 5.39 Å². The van der Waals surface area contributed by atoms with Gasteiger partial charge in [0, 0.05) is 49.6 Å². The smallest absolute Gasteiger partial charge is 0.341 e. The summed E-state index contributed by atoms with van der Waals surface area (Å²) in [5, 5.41) is 9.48. The highest BCUT2D eigenvalue weighted by Gasteiger charge is 2.40.